The quantitative estimate of drug-likeness (QED) is 0.423. The van der Waals surface area contributed by atoms with Crippen molar-refractivity contribution in [2.45, 2.75) is 26.7 Å². The van der Waals surface area contributed by atoms with Gasteiger partial charge in [0, 0.05) is 12.7 Å². The normalized spacial score (nSPS) is 10.6. The summed E-state index contributed by atoms with van der Waals surface area (Å²) in [6, 6.07) is 18.7. The van der Waals surface area contributed by atoms with E-state index in [1.165, 1.54) is 11.1 Å². The van der Waals surface area contributed by atoms with Crippen molar-refractivity contribution in [2.24, 2.45) is 10.2 Å². The van der Waals surface area contributed by atoms with Crippen LogP contribution in [0.4, 0.5) is 5.69 Å². The van der Waals surface area contributed by atoms with Crippen molar-refractivity contribution >= 4 is 11.3 Å². The van der Waals surface area contributed by atoms with Crippen LogP contribution in [0.1, 0.15) is 31.4 Å². The second-order valence-electron chi connectivity index (χ2n) is 6.42. The number of anilines is 1. The standard InChI is InChI=1S/C23H27N3/c1-17(2)23(26-24-5)19(4)25-22-13-9-10-20(16-22)15-14-18(3)21-11-7-6-8-12-21/h6-13,16,25H,3-4,14-15H2,1-2,5H3. The van der Waals surface area contributed by atoms with Crippen LogP contribution in [0.25, 0.3) is 5.57 Å². The zero-order valence-electron chi connectivity index (χ0n) is 15.9. The van der Waals surface area contributed by atoms with Gasteiger partial charge in [-0.2, -0.15) is 10.2 Å². The van der Waals surface area contributed by atoms with Gasteiger partial charge in [-0.25, -0.2) is 0 Å². The number of nitrogens with one attached hydrogen (secondary N) is 1. The lowest BCUT2D eigenvalue weighted by Gasteiger charge is -2.12. The van der Waals surface area contributed by atoms with E-state index < -0.39 is 0 Å². The van der Waals surface area contributed by atoms with Crippen LogP contribution in [0, 0.1) is 0 Å². The highest BCUT2D eigenvalue weighted by Crippen LogP contribution is 2.22. The van der Waals surface area contributed by atoms with Crippen molar-refractivity contribution in [3.05, 3.63) is 95.8 Å². The summed E-state index contributed by atoms with van der Waals surface area (Å²) in [6.07, 6.45) is 1.87. The first-order chi connectivity index (χ1) is 12.5. The van der Waals surface area contributed by atoms with Gasteiger partial charge in [0.25, 0.3) is 0 Å². The molecule has 2 rings (SSSR count). The second kappa shape index (κ2) is 9.52. The Bertz CT molecular complexity index is 826. The molecule has 26 heavy (non-hydrogen) atoms. The van der Waals surface area contributed by atoms with Crippen molar-refractivity contribution < 1.29 is 0 Å². The highest BCUT2D eigenvalue weighted by atomic mass is 15.1. The Morgan fingerprint density at radius 2 is 1.73 bits per heavy atom. The minimum absolute atomic E-state index is 0.751. The van der Waals surface area contributed by atoms with Gasteiger partial charge in [-0.15, -0.1) is 0 Å². The molecule has 0 amide bonds. The number of hydrogen-bond donors (Lipinski definition) is 1. The minimum Gasteiger partial charge on any atom is -0.354 e. The highest BCUT2D eigenvalue weighted by molar-refractivity contribution is 5.63. The van der Waals surface area contributed by atoms with Gasteiger partial charge in [-0.05, 0) is 61.1 Å². The molecule has 3 heteroatoms. The van der Waals surface area contributed by atoms with Crippen LogP contribution in [0.2, 0.25) is 0 Å². The number of aryl methyl sites for hydroxylation is 1. The third-order valence-electron chi connectivity index (χ3n) is 4.08. The lowest BCUT2D eigenvalue weighted by Crippen LogP contribution is -2.02. The highest BCUT2D eigenvalue weighted by Gasteiger charge is 2.06. The maximum absolute atomic E-state index is 4.22. The number of rotatable bonds is 8. The zero-order valence-corrected chi connectivity index (χ0v) is 15.9. The molecule has 0 radical (unpaired) electrons. The molecule has 0 aliphatic rings. The summed E-state index contributed by atoms with van der Waals surface area (Å²) in [5.74, 6) is 0. The van der Waals surface area contributed by atoms with E-state index in [2.05, 4.69) is 59.0 Å². The first kappa shape index (κ1) is 19.4. The molecule has 0 atom stereocenters. The van der Waals surface area contributed by atoms with E-state index in [0.717, 1.165) is 41.1 Å². The first-order valence-electron chi connectivity index (χ1n) is 8.77. The lowest BCUT2D eigenvalue weighted by molar-refractivity contribution is 1.02. The Hall–Kier alpha value is -2.94. The van der Waals surface area contributed by atoms with E-state index in [9.17, 15) is 0 Å². The van der Waals surface area contributed by atoms with Gasteiger partial charge in [0.1, 0.15) is 5.70 Å². The fraction of sp³-hybridized carbons (Fsp3) is 0.217. The predicted molar refractivity (Wildman–Crippen MR) is 112 cm³/mol. The molecule has 0 bridgehead atoms. The molecule has 2 aromatic carbocycles. The van der Waals surface area contributed by atoms with Gasteiger partial charge in [-0.1, -0.05) is 55.6 Å². The lowest BCUT2D eigenvalue weighted by atomic mass is 9.99. The number of nitrogens with zero attached hydrogens (tertiary/aromatic N) is 2. The van der Waals surface area contributed by atoms with Crippen LogP contribution in [0.15, 0.2) is 95.0 Å². The summed E-state index contributed by atoms with van der Waals surface area (Å²) in [5.41, 5.74) is 7.23. The molecule has 134 valence electrons. The molecule has 0 aliphatic heterocycles. The van der Waals surface area contributed by atoms with E-state index >= 15 is 0 Å². The Balaban J connectivity index is 2.03. The molecular formula is C23H27N3. The van der Waals surface area contributed by atoms with Gasteiger partial charge < -0.3 is 5.32 Å². The number of hydrogen-bond acceptors (Lipinski definition) is 3. The topological polar surface area (TPSA) is 36.8 Å². The minimum atomic E-state index is 0.751. The van der Waals surface area contributed by atoms with Crippen LogP contribution in [-0.2, 0) is 6.42 Å². The van der Waals surface area contributed by atoms with E-state index in [4.69, 9.17) is 0 Å². The third-order valence-corrected chi connectivity index (χ3v) is 4.08. The molecule has 0 unspecified atom stereocenters. The first-order valence-corrected chi connectivity index (χ1v) is 8.77. The molecule has 0 fully saturated rings. The molecule has 0 aromatic heterocycles. The molecular weight excluding hydrogens is 318 g/mol. The molecule has 1 N–H and O–H groups in total. The maximum atomic E-state index is 4.22. The summed E-state index contributed by atoms with van der Waals surface area (Å²) in [6.45, 7) is 12.3. The maximum Gasteiger partial charge on any atom is 0.107 e. The summed E-state index contributed by atoms with van der Waals surface area (Å²) in [5, 5.41) is 11.4. The molecule has 0 aliphatic carbocycles. The fourth-order valence-electron chi connectivity index (χ4n) is 2.71. The number of azo groups is 1. The third kappa shape index (κ3) is 5.55. The summed E-state index contributed by atoms with van der Waals surface area (Å²) >= 11 is 0. The molecule has 2 aromatic rings. The van der Waals surface area contributed by atoms with E-state index in [1.807, 2.05) is 38.1 Å². The zero-order chi connectivity index (χ0) is 18.9. The SMILES string of the molecule is C=C(Nc1cccc(CCC(=C)c2ccccc2)c1)C(N=NC)=C(C)C. The fourth-order valence-corrected chi connectivity index (χ4v) is 2.71. The Labute approximate surface area is 156 Å². The average molecular weight is 345 g/mol. The predicted octanol–water partition coefficient (Wildman–Crippen LogP) is 6.63. The Kier molecular flexibility index (Phi) is 7.10. The largest absolute Gasteiger partial charge is 0.354 e. The summed E-state index contributed by atoms with van der Waals surface area (Å²) in [7, 11) is 1.66. The Morgan fingerprint density at radius 1 is 1.00 bits per heavy atom. The molecule has 0 spiro atoms. The van der Waals surface area contributed by atoms with Crippen molar-refractivity contribution in [2.75, 3.05) is 12.4 Å². The molecule has 0 saturated carbocycles. The van der Waals surface area contributed by atoms with Gasteiger partial charge in [0.15, 0.2) is 0 Å². The van der Waals surface area contributed by atoms with Crippen molar-refractivity contribution in [1.29, 1.82) is 0 Å². The van der Waals surface area contributed by atoms with Gasteiger partial charge in [0.2, 0.25) is 0 Å². The monoisotopic (exact) mass is 345 g/mol. The smallest absolute Gasteiger partial charge is 0.107 e. The van der Waals surface area contributed by atoms with Gasteiger partial charge in [0.05, 0.1) is 5.70 Å². The van der Waals surface area contributed by atoms with Crippen LogP contribution in [-0.4, -0.2) is 7.05 Å². The van der Waals surface area contributed by atoms with E-state index in [-0.39, 0.29) is 0 Å². The van der Waals surface area contributed by atoms with E-state index in [1.54, 1.807) is 7.05 Å². The van der Waals surface area contributed by atoms with E-state index in [0.29, 0.717) is 0 Å². The van der Waals surface area contributed by atoms with Gasteiger partial charge >= 0.3 is 0 Å². The average Bonchev–Trinajstić information content (AvgIpc) is 2.64. The summed E-state index contributed by atoms with van der Waals surface area (Å²) in [4.78, 5) is 0. The van der Waals surface area contributed by atoms with Crippen molar-refractivity contribution in [3.63, 3.8) is 0 Å². The van der Waals surface area contributed by atoms with Crippen molar-refractivity contribution in [3.8, 4) is 0 Å². The number of benzene rings is 2. The molecule has 0 heterocycles. The number of allylic oxidation sites excluding steroid dienone is 2. The van der Waals surface area contributed by atoms with Crippen LogP contribution in [0.5, 0.6) is 0 Å². The van der Waals surface area contributed by atoms with Crippen LogP contribution < -0.4 is 5.32 Å². The van der Waals surface area contributed by atoms with Gasteiger partial charge in [-0.3, -0.25) is 0 Å². The van der Waals surface area contributed by atoms with Crippen molar-refractivity contribution in [1.82, 2.24) is 0 Å². The molecule has 3 nitrogen and oxygen atoms in total. The Morgan fingerprint density at radius 3 is 2.38 bits per heavy atom. The molecule has 0 saturated heterocycles. The van der Waals surface area contributed by atoms with Crippen LogP contribution in [0.3, 0.4) is 0 Å². The second-order valence-corrected chi connectivity index (χ2v) is 6.42. The van der Waals surface area contributed by atoms with Crippen LogP contribution >= 0.6 is 0 Å². The summed E-state index contributed by atoms with van der Waals surface area (Å²) < 4.78 is 0.